The second kappa shape index (κ2) is 7.00. The first-order chi connectivity index (χ1) is 13.8. The number of amides is 1. The summed E-state index contributed by atoms with van der Waals surface area (Å²) in [6.45, 7) is 0.458. The number of nitrogens with one attached hydrogen (secondary N) is 1. The molecule has 2 aliphatic rings. The summed E-state index contributed by atoms with van der Waals surface area (Å²) in [5.74, 6) is 1.61. The zero-order valence-electron chi connectivity index (χ0n) is 15.3. The van der Waals surface area contributed by atoms with Crippen LogP contribution in [-0.2, 0) is 17.6 Å². The number of nitrogens with zero attached hydrogens (tertiary/aromatic N) is 1. The SMILES string of the molecule is O=C(NC[C@@H]1Cc2cccc(-c3ccncc3)c2O1)[C@@H]1Cc2ccccc2O1. The first-order valence-corrected chi connectivity index (χ1v) is 9.49. The molecule has 5 heteroatoms. The van der Waals surface area contributed by atoms with Crippen molar-refractivity contribution in [3.63, 3.8) is 0 Å². The summed E-state index contributed by atoms with van der Waals surface area (Å²) in [5.41, 5.74) is 4.38. The van der Waals surface area contributed by atoms with Gasteiger partial charge in [0.05, 0.1) is 6.54 Å². The van der Waals surface area contributed by atoms with E-state index in [2.05, 4.69) is 22.4 Å². The first kappa shape index (κ1) is 16.8. The molecule has 0 aliphatic carbocycles. The van der Waals surface area contributed by atoms with E-state index >= 15 is 0 Å². The van der Waals surface area contributed by atoms with Crippen LogP contribution in [0, 0.1) is 0 Å². The molecular weight excluding hydrogens is 352 g/mol. The van der Waals surface area contributed by atoms with Crippen LogP contribution in [0.4, 0.5) is 0 Å². The number of pyridine rings is 1. The maximum absolute atomic E-state index is 12.5. The van der Waals surface area contributed by atoms with Gasteiger partial charge in [0.2, 0.25) is 0 Å². The van der Waals surface area contributed by atoms with Gasteiger partial charge in [0.15, 0.2) is 6.10 Å². The number of aromatic nitrogens is 1. The summed E-state index contributed by atoms with van der Waals surface area (Å²) < 4.78 is 12.0. The van der Waals surface area contributed by atoms with Crippen LogP contribution in [0.5, 0.6) is 11.5 Å². The summed E-state index contributed by atoms with van der Waals surface area (Å²) >= 11 is 0. The lowest BCUT2D eigenvalue weighted by molar-refractivity contribution is -0.127. The van der Waals surface area contributed by atoms with Crippen LogP contribution in [-0.4, -0.2) is 29.6 Å². The molecule has 0 spiro atoms. The van der Waals surface area contributed by atoms with Gasteiger partial charge >= 0.3 is 0 Å². The van der Waals surface area contributed by atoms with Gasteiger partial charge in [-0.2, -0.15) is 0 Å². The molecule has 0 saturated carbocycles. The average molecular weight is 372 g/mol. The molecule has 2 aromatic carbocycles. The lowest BCUT2D eigenvalue weighted by Gasteiger charge is -2.15. The molecule has 0 radical (unpaired) electrons. The predicted octanol–water partition coefficient (Wildman–Crippen LogP) is 3.17. The lowest BCUT2D eigenvalue weighted by atomic mass is 10.0. The van der Waals surface area contributed by atoms with Crippen LogP contribution in [0.2, 0.25) is 0 Å². The summed E-state index contributed by atoms with van der Waals surface area (Å²) in [5, 5.41) is 3.00. The maximum Gasteiger partial charge on any atom is 0.261 e. The standard InChI is InChI=1S/C23H20N2O3/c26-23(21-13-16-4-1-2-7-20(16)28-21)25-14-18-12-17-5-3-6-19(22(17)27-18)15-8-10-24-11-9-15/h1-11,18,21H,12-14H2,(H,25,26)/t18-,21-/m0/s1. The van der Waals surface area contributed by atoms with Crippen molar-refractivity contribution >= 4 is 5.91 Å². The second-order valence-corrected chi connectivity index (χ2v) is 7.14. The molecule has 0 fully saturated rings. The fourth-order valence-electron chi connectivity index (χ4n) is 3.87. The number of hydrogen-bond donors (Lipinski definition) is 1. The Morgan fingerprint density at radius 1 is 0.964 bits per heavy atom. The van der Waals surface area contributed by atoms with Gasteiger partial charge in [-0.3, -0.25) is 9.78 Å². The van der Waals surface area contributed by atoms with Crippen molar-refractivity contribution in [2.24, 2.45) is 0 Å². The number of carbonyl (C=O) groups is 1. The Labute approximate surface area is 163 Å². The van der Waals surface area contributed by atoms with Crippen molar-refractivity contribution in [1.29, 1.82) is 0 Å². The zero-order chi connectivity index (χ0) is 18.9. The highest BCUT2D eigenvalue weighted by atomic mass is 16.5. The predicted molar refractivity (Wildman–Crippen MR) is 105 cm³/mol. The number of benzene rings is 2. The van der Waals surface area contributed by atoms with E-state index in [1.54, 1.807) is 12.4 Å². The van der Waals surface area contributed by atoms with Crippen molar-refractivity contribution in [2.45, 2.75) is 25.0 Å². The number of ether oxygens (including phenoxy) is 2. The number of carbonyl (C=O) groups excluding carboxylic acids is 1. The van der Waals surface area contributed by atoms with E-state index in [0.29, 0.717) is 13.0 Å². The highest BCUT2D eigenvalue weighted by Crippen LogP contribution is 2.38. The molecule has 5 rings (SSSR count). The van der Waals surface area contributed by atoms with Gasteiger partial charge < -0.3 is 14.8 Å². The van der Waals surface area contributed by atoms with Crippen LogP contribution in [0.1, 0.15) is 11.1 Å². The number of fused-ring (bicyclic) bond motifs is 2. The molecule has 0 saturated heterocycles. The fourth-order valence-corrected chi connectivity index (χ4v) is 3.87. The number of rotatable bonds is 4. The van der Waals surface area contributed by atoms with Crippen molar-refractivity contribution in [2.75, 3.05) is 6.54 Å². The Balaban J connectivity index is 1.23. The van der Waals surface area contributed by atoms with E-state index in [1.165, 1.54) is 0 Å². The average Bonchev–Trinajstić information content (AvgIpc) is 3.36. The van der Waals surface area contributed by atoms with Crippen molar-refractivity contribution in [3.8, 4) is 22.6 Å². The van der Waals surface area contributed by atoms with Crippen LogP contribution in [0.25, 0.3) is 11.1 Å². The Morgan fingerprint density at radius 2 is 1.79 bits per heavy atom. The van der Waals surface area contributed by atoms with Crippen LogP contribution < -0.4 is 14.8 Å². The van der Waals surface area contributed by atoms with E-state index in [9.17, 15) is 4.79 Å². The molecule has 0 unspecified atom stereocenters. The molecule has 1 N–H and O–H groups in total. The third-order valence-electron chi connectivity index (χ3n) is 5.26. The van der Waals surface area contributed by atoms with Crippen molar-refractivity contribution in [1.82, 2.24) is 10.3 Å². The molecule has 2 aliphatic heterocycles. The molecule has 28 heavy (non-hydrogen) atoms. The monoisotopic (exact) mass is 372 g/mol. The fraction of sp³-hybridized carbons (Fsp3) is 0.217. The van der Waals surface area contributed by atoms with Crippen LogP contribution in [0.3, 0.4) is 0 Å². The molecule has 140 valence electrons. The van der Waals surface area contributed by atoms with Gasteiger partial charge in [-0.05, 0) is 34.9 Å². The van der Waals surface area contributed by atoms with Crippen LogP contribution in [0.15, 0.2) is 67.0 Å². The van der Waals surface area contributed by atoms with E-state index in [0.717, 1.165) is 40.2 Å². The summed E-state index contributed by atoms with van der Waals surface area (Å²) in [6.07, 6.45) is 4.40. The smallest absolute Gasteiger partial charge is 0.261 e. The van der Waals surface area contributed by atoms with E-state index < -0.39 is 6.10 Å². The van der Waals surface area contributed by atoms with Crippen LogP contribution >= 0.6 is 0 Å². The molecule has 0 bridgehead atoms. The molecule has 5 nitrogen and oxygen atoms in total. The highest BCUT2D eigenvalue weighted by Gasteiger charge is 2.31. The second-order valence-electron chi connectivity index (χ2n) is 7.14. The minimum absolute atomic E-state index is 0.0780. The van der Waals surface area contributed by atoms with E-state index in [1.807, 2.05) is 42.5 Å². The Bertz CT molecular complexity index is 994. The molecule has 2 atom stereocenters. The zero-order valence-corrected chi connectivity index (χ0v) is 15.3. The Morgan fingerprint density at radius 3 is 2.64 bits per heavy atom. The topological polar surface area (TPSA) is 60.5 Å². The van der Waals surface area contributed by atoms with Gasteiger partial charge in [0.25, 0.3) is 5.91 Å². The van der Waals surface area contributed by atoms with Gasteiger partial charge in [-0.15, -0.1) is 0 Å². The maximum atomic E-state index is 12.5. The summed E-state index contributed by atoms with van der Waals surface area (Å²) in [6, 6.07) is 17.9. The van der Waals surface area contributed by atoms with Gasteiger partial charge in [0.1, 0.15) is 17.6 Å². The van der Waals surface area contributed by atoms with Gasteiger partial charge in [-0.25, -0.2) is 0 Å². The minimum Gasteiger partial charge on any atom is -0.487 e. The summed E-state index contributed by atoms with van der Waals surface area (Å²) in [7, 11) is 0. The van der Waals surface area contributed by atoms with Gasteiger partial charge in [-0.1, -0.05) is 36.4 Å². The third-order valence-corrected chi connectivity index (χ3v) is 5.26. The number of hydrogen-bond acceptors (Lipinski definition) is 4. The molecule has 3 aromatic rings. The quantitative estimate of drug-likeness (QED) is 0.764. The number of para-hydroxylation sites is 2. The minimum atomic E-state index is -0.464. The summed E-state index contributed by atoms with van der Waals surface area (Å²) in [4.78, 5) is 16.6. The van der Waals surface area contributed by atoms with Crippen molar-refractivity contribution < 1.29 is 14.3 Å². The van der Waals surface area contributed by atoms with Gasteiger partial charge in [0, 0.05) is 30.8 Å². The third kappa shape index (κ3) is 3.09. The molecule has 1 aromatic heterocycles. The van der Waals surface area contributed by atoms with E-state index in [-0.39, 0.29) is 12.0 Å². The largest absolute Gasteiger partial charge is 0.487 e. The molecule has 1 amide bonds. The molecular formula is C23H20N2O3. The Hall–Kier alpha value is -3.34. The normalized spacial score (nSPS) is 19.3. The highest BCUT2D eigenvalue weighted by molar-refractivity contribution is 5.82. The molecule has 3 heterocycles. The Kier molecular flexibility index (Phi) is 4.20. The first-order valence-electron chi connectivity index (χ1n) is 9.49. The van der Waals surface area contributed by atoms with Crippen molar-refractivity contribution in [3.05, 3.63) is 78.1 Å². The lowest BCUT2D eigenvalue weighted by Crippen LogP contribution is -2.42. The van der Waals surface area contributed by atoms with E-state index in [4.69, 9.17) is 9.47 Å².